The second-order valence-corrected chi connectivity index (χ2v) is 11.4. The van der Waals surface area contributed by atoms with Crippen molar-refractivity contribution >= 4 is 0 Å². The SMILES string of the molecule is CC1CCC(C(CO)CC2CCC(C(F)(F)Oc3cc(F)c(-c4ccc(OC(F)(F)F)cc4)c(F)c3)CC2)CC1. The fourth-order valence-corrected chi connectivity index (χ4v) is 6.28. The molecule has 40 heavy (non-hydrogen) atoms. The van der Waals surface area contributed by atoms with Crippen molar-refractivity contribution in [1.29, 1.82) is 0 Å². The van der Waals surface area contributed by atoms with Gasteiger partial charge in [0.15, 0.2) is 0 Å². The lowest BCUT2D eigenvalue weighted by molar-refractivity contribution is -0.274. The van der Waals surface area contributed by atoms with Gasteiger partial charge in [-0.25, -0.2) is 8.78 Å². The average Bonchev–Trinajstić information content (AvgIpc) is 2.87. The first-order chi connectivity index (χ1) is 18.8. The van der Waals surface area contributed by atoms with Gasteiger partial charge in [-0.3, -0.25) is 0 Å². The Hall–Kier alpha value is -2.49. The maximum atomic E-state index is 15.0. The molecule has 0 radical (unpaired) electrons. The highest BCUT2D eigenvalue weighted by Crippen LogP contribution is 2.44. The summed E-state index contributed by atoms with van der Waals surface area (Å²) in [7, 11) is 0. The first kappa shape index (κ1) is 30.5. The molecule has 222 valence electrons. The summed E-state index contributed by atoms with van der Waals surface area (Å²) < 4.78 is 105. The van der Waals surface area contributed by atoms with Gasteiger partial charge in [-0.2, -0.15) is 8.78 Å². The molecule has 0 aliphatic heterocycles. The van der Waals surface area contributed by atoms with E-state index in [-0.39, 0.29) is 36.8 Å². The molecule has 0 amide bonds. The number of aliphatic hydroxyl groups is 1. The quantitative estimate of drug-likeness (QED) is 0.303. The number of benzene rings is 2. The molecular formula is C30H35F7O3. The van der Waals surface area contributed by atoms with E-state index >= 15 is 8.78 Å². The lowest BCUT2D eigenvalue weighted by atomic mass is 9.71. The molecule has 2 saturated carbocycles. The van der Waals surface area contributed by atoms with Crippen molar-refractivity contribution in [3.05, 3.63) is 48.0 Å². The Kier molecular flexibility index (Phi) is 9.58. The summed E-state index contributed by atoms with van der Waals surface area (Å²) in [6.45, 7) is 2.35. The minimum absolute atomic E-state index is 0.0925. The molecule has 4 rings (SSSR count). The van der Waals surface area contributed by atoms with Crippen molar-refractivity contribution < 1.29 is 45.3 Å². The third-order valence-electron chi connectivity index (χ3n) is 8.57. The number of hydrogen-bond donors (Lipinski definition) is 1. The highest BCUT2D eigenvalue weighted by molar-refractivity contribution is 5.66. The largest absolute Gasteiger partial charge is 0.573 e. The highest BCUT2D eigenvalue weighted by atomic mass is 19.4. The Morgan fingerprint density at radius 2 is 1.38 bits per heavy atom. The van der Waals surface area contributed by atoms with Gasteiger partial charge in [0.1, 0.15) is 23.1 Å². The van der Waals surface area contributed by atoms with Crippen LogP contribution in [-0.2, 0) is 0 Å². The Balaban J connectivity index is 1.35. The van der Waals surface area contributed by atoms with Crippen LogP contribution in [0, 0.1) is 41.2 Å². The van der Waals surface area contributed by atoms with Gasteiger partial charge in [0.25, 0.3) is 0 Å². The lowest BCUT2D eigenvalue weighted by Crippen LogP contribution is -2.37. The van der Waals surface area contributed by atoms with Gasteiger partial charge in [0, 0.05) is 18.7 Å². The summed E-state index contributed by atoms with van der Waals surface area (Å²) in [5.74, 6) is -3.12. The Bertz CT molecular complexity index is 1080. The maximum absolute atomic E-state index is 15.0. The summed E-state index contributed by atoms with van der Waals surface area (Å²) in [5.41, 5.74) is -0.675. The summed E-state index contributed by atoms with van der Waals surface area (Å²) >= 11 is 0. The molecule has 2 aromatic rings. The van der Waals surface area contributed by atoms with Crippen LogP contribution in [-0.4, -0.2) is 24.2 Å². The number of aliphatic hydroxyl groups excluding tert-OH is 1. The van der Waals surface area contributed by atoms with Crippen molar-refractivity contribution in [1.82, 2.24) is 0 Å². The van der Waals surface area contributed by atoms with E-state index in [1.54, 1.807) is 0 Å². The van der Waals surface area contributed by atoms with Crippen LogP contribution in [0.2, 0.25) is 0 Å². The molecular weight excluding hydrogens is 541 g/mol. The van der Waals surface area contributed by atoms with Gasteiger partial charge in [-0.15, -0.1) is 13.2 Å². The van der Waals surface area contributed by atoms with Crippen molar-refractivity contribution in [3.63, 3.8) is 0 Å². The van der Waals surface area contributed by atoms with Gasteiger partial charge >= 0.3 is 12.5 Å². The van der Waals surface area contributed by atoms with Crippen LogP contribution in [0.15, 0.2) is 36.4 Å². The Labute approximate surface area is 229 Å². The molecule has 2 aliphatic carbocycles. The Morgan fingerprint density at radius 3 is 1.90 bits per heavy atom. The molecule has 2 fully saturated rings. The molecule has 0 aromatic heterocycles. The smallest absolute Gasteiger partial charge is 0.432 e. The van der Waals surface area contributed by atoms with Crippen LogP contribution in [0.25, 0.3) is 11.1 Å². The molecule has 2 aromatic carbocycles. The van der Waals surface area contributed by atoms with Crippen LogP contribution in [0.1, 0.15) is 64.7 Å². The highest BCUT2D eigenvalue weighted by Gasteiger charge is 2.44. The lowest BCUT2D eigenvalue weighted by Gasteiger charge is -2.37. The van der Waals surface area contributed by atoms with E-state index in [2.05, 4.69) is 11.7 Å². The summed E-state index contributed by atoms with van der Waals surface area (Å²) in [6.07, 6.45) is -1.71. The minimum Gasteiger partial charge on any atom is -0.432 e. The second-order valence-electron chi connectivity index (χ2n) is 11.4. The normalized spacial score (nSPS) is 24.9. The fourth-order valence-electron chi connectivity index (χ4n) is 6.28. The molecule has 0 bridgehead atoms. The van der Waals surface area contributed by atoms with Crippen molar-refractivity contribution in [3.8, 4) is 22.6 Å². The third-order valence-corrected chi connectivity index (χ3v) is 8.57. The fraction of sp³-hybridized carbons (Fsp3) is 0.600. The number of halogens is 7. The van der Waals surface area contributed by atoms with Crippen molar-refractivity contribution in [2.45, 2.75) is 77.2 Å². The topological polar surface area (TPSA) is 38.7 Å². The third kappa shape index (κ3) is 7.83. The molecule has 3 nitrogen and oxygen atoms in total. The average molecular weight is 577 g/mol. The first-order valence-electron chi connectivity index (χ1n) is 13.9. The minimum atomic E-state index is -4.92. The van der Waals surface area contributed by atoms with Crippen molar-refractivity contribution in [2.24, 2.45) is 29.6 Å². The van der Waals surface area contributed by atoms with Crippen LogP contribution < -0.4 is 9.47 Å². The van der Waals surface area contributed by atoms with E-state index in [0.29, 0.717) is 36.8 Å². The number of alkyl halides is 5. The van der Waals surface area contributed by atoms with E-state index in [0.717, 1.165) is 56.4 Å². The zero-order valence-corrected chi connectivity index (χ0v) is 22.3. The first-order valence-corrected chi connectivity index (χ1v) is 13.9. The van der Waals surface area contributed by atoms with Gasteiger partial charge < -0.3 is 14.6 Å². The number of hydrogen-bond acceptors (Lipinski definition) is 3. The van der Waals surface area contributed by atoms with E-state index < -0.39 is 47.1 Å². The maximum Gasteiger partial charge on any atom is 0.573 e. The van der Waals surface area contributed by atoms with E-state index in [1.165, 1.54) is 0 Å². The van der Waals surface area contributed by atoms with Gasteiger partial charge in [-0.1, -0.05) is 31.9 Å². The summed E-state index contributed by atoms with van der Waals surface area (Å²) in [5, 5.41) is 9.96. The van der Waals surface area contributed by atoms with E-state index in [9.17, 15) is 27.1 Å². The molecule has 0 spiro atoms. The molecule has 1 N–H and O–H groups in total. The van der Waals surface area contributed by atoms with Crippen molar-refractivity contribution in [2.75, 3.05) is 6.61 Å². The van der Waals surface area contributed by atoms with Crippen LogP contribution in [0.3, 0.4) is 0 Å². The van der Waals surface area contributed by atoms with E-state index in [1.807, 2.05) is 0 Å². The predicted octanol–water partition coefficient (Wildman–Crippen LogP) is 9.13. The molecule has 0 heterocycles. The molecule has 0 saturated heterocycles. The van der Waals surface area contributed by atoms with Crippen LogP contribution >= 0.6 is 0 Å². The number of rotatable bonds is 9. The van der Waals surface area contributed by atoms with E-state index in [4.69, 9.17) is 4.74 Å². The zero-order chi connectivity index (χ0) is 29.1. The van der Waals surface area contributed by atoms with Gasteiger partial charge in [0.05, 0.1) is 11.5 Å². The second kappa shape index (κ2) is 12.6. The van der Waals surface area contributed by atoms with Crippen LogP contribution in [0.4, 0.5) is 30.7 Å². The summed E-state index contributed by atoms with van der Waals surface area (Å²) in [6, 6.07) is 5.16. The predicted molar refractivity (Wildman–Crippen MR) is 136 cm³/mol. The van der Waals surface area contributed by atoms with Gasteiger partial charge in [-0.05, 0) is 86.3 Å². The monoisotopic (exact) mass is 576 g/mol. The van der Waals surface area contributed by atoms with Gasteiger partial charge in [0.2, 0.25) is 0 Å². The van der Waals surface area contributed by atoms with Crippen LogP contribution in [0.5, 0.6) is 11.5 Å². The molecule has 1 unspecified atom stereocenters. The number of ether oxygens (including phenoxy) is 2. The Morgan fingerprint density at radius 1 is 0.800 bits per heavy atom. The standard InChI is InChI=1S/C30H35F7O3/c1-18-2-6-20(7-3-18)22(17-38)14-19-4-10-23(11-5-19)29(33,34)39-25-15-26(31)28(27(32)16-25)21-8-12-24(13-9-21)40-30(35,36)37/h8-9,12-13,15-16,18-20,22-23,38H,2-7,10-11,14,17H2,1H3. The molecule has 10 heteroatoms. The molecule has 2 aliphatic rings. The molecule has 1 atom stereocenters. The summed E-state index contributed by atoms with van der Waals surface area (Å²) in [4.78, 5) is 0. The zero-order valence-electron chi connectivity index (χ0n) is 22.3.